The zero-order chi connectivity index (χ0) is 18.3. The zero-order valence-electron chi connectivity index (χ0n) is 14.8. The molecule has 1 unspecified atom stereocenters. The summed E-state index contributed by atoms with van der Waals surface area (Å²) in [6.07, 6.45) is 3.36. The lowest BCUT2D eigenvalue weighted by Gasteiger charge is -2.32. The fourth-order valence-corrected chi connectivity index (χ4v) is 2.41. The van der Waals surface area contributed by atoms with Crippen molar-refractivity contribution < 1.29 is 4.79 Å². The number of pyridine rings is 1. The van der Waals surface area contributed by atoms with Crippen LogP contribution in [0.5, 0.6) is 0 Å². The summed E-state index contributed by atoms with van der Waals surface area (Å²) in [7, 11) is 0. The number of carbonyl (C=O) groups is 1. The van der Waals surface area contributed by atoms with E-state index < -0.39 is 0 Å². The summed E-state index contributed by atoms with van der Waals surface area (Å²) in [6.45, 7) is 7.69. The Morgan fingerprint density at radius 3 is 2.48 bits per heavy atom. The van der Waals surface area contributed by atoms with E-state index in [1.54, 1.807) is 36.7 Å². The molecule has 0 spiro atoms. The van der Waals surface area contributed by atoms with Crippen LogP contribution < -0.4 is 16.0 Å². The molecule has 0 bridgehead atoms. The highest BCUT2D eigenvalue weighted by atomic mass is 35.5. The van der Waals surface area contributed by atoms with Gasteiger partial charge in [-0.3, -0.25) is 15.1 Å². The molecule has 0 saturated carbocycles. The monoisotopic (exact) mass is 360 g/mol. The Morgan fingerprint density at radius 2 is 1.88 bits per heavy atom. The first-order valence-corrected chi connectivity index (χ1v) is 8.68. The van der Waals surface area contributed by atoms with Crippen LogP contribution in [-0.4, -0.2) is 30.1 Å². The van der Waals surface area contributed by atoms with Crippen molar-refractivity contribution in [2.45, 2.75) is 26.9 Å². The summed E-state index contributed by atoms with van der Waals surface area (Å²) >= 11 is 5.87. The molecule has 0 aliphatic heterocycles. The van der Waals surface area contributed by atoms with Gasteiger partial charge in [-0.25, -0.2) is 0 Å². The van der Waals surface area contributed by atoms with E-state index in [1.165, 1.54) is 0 Å². The minimum absolute atomic E-state index is 0.121. The van der Waals surface area contributed by atoms with Crippen molar-refractivity contribution in [3.8, 4) is 0 Å². The number of amides is 1. The smallest absolute Gasteiger partial charge is 0.252 e. The summed E-state index contributed by atoms with van der Waals surface area (Å²) in [5, 5.41) is 10.4. The number of hydrogen-bond acceptors (Lipinski definition) is 4. The Bertz CT molecular complexity index is 668. The summed E-state index contributed by atoms with van der Waals surface area (Å²) in [4.78, 5) is 16.5. The fraction of sp³-hybridized carbons (Fsp3) is 0.368. The molecule has 0 fully saturated rings. The van der Waals surface area contributed by atoms with Crippen molar-refractivity contribution >= 4 is 23.2 Å². The molecule has 0 saturated heterocycles. The van der Waals surface area contributed by atoms with Crippen LogP contribution in [0, 0.1) is 5.41 Å². The van der Waals surface area contributed by atoms with Gasteiger partial charge in [0, 0.05) is 36.1 Å². The predicted molar refractivity (Wildman–Crippen MR) is 103 cm³/mol. The second-order valence-electron chi connectivity index (χ2n) is 6.90. The lowest BCUT2D eigenvalue weighted by atomic mass is 9.92. The molecule has 2 aromatic rings. The number of nitrogens with zero attached hydrogens (tertiary/aromatic N) is 1. The average Bonchev–Trinajstić information content (AvgIpc) is 2.58. The molecule has 0 aliphatic carbocycles. The zero-order valence-corrected chi connectivity index (χ0v) is 15.6. The molecule has 3 N–H and O–H groups in total. The van der Waals surface area contributed by atoms with Crippen molar-refractivity contribution in [3.05, 3.63) is 59.4 Å². The van der Waals surface area contributed by atoms with E-state index in [0.717, 1.165) is 12.2 Å². The average molecular weight is 361 g/mol. The third kappa shape index (κ3) is 6.36. The Hall–Kier alpha value is -2.11. The molecule has 0 radical (unpaired) electrons. The van der Waals surface area contributed by atoms with Crippen molar-refractivity contribution in [3.63, 3.8) is 0 Å². The summed E-state index contributed by atoms with van der Waals surface area (Å²) < 4.78 is 0. The van der Waals surface area contributed by atoms with Crippen LogP contribution in [0.3, 0.4) is 0 Å². The molecule has 25 heavy (non-hydrogen) atoms. The van der Waals surface area contributed by atoms with Crippen LogP contribution in [0.25, 0.3) is 0 Å². The second-order valence-corrected chi connectivity index (χ2v) is 7.34. The minimum Gasteiger partial charge on any atom is -0.383 e. The molecule has 1 aromatic carbocycles. The molecule has 134 valence electrons. The van der Waals surface area contributed by atoms with E-state index in [-0.39, 0.29) is 17.5 Å². The SMILES string of the molecule is CC(C)(C)C(NCCNc1cccnc1)NC(=O)c1ccc(Cl)cc1. The van der Waals surface area contributed by atoms with Gasteiger partial charge in [-0.05, 0) is 41.8 Å². The van der Waals surface area contributed by atoms with Crippen LogP contribution in [0.1, 0.15) is 31.1 Å². The molecule has 2 rings (SSSR count). The van der Waals surface area contributed by atoms with Crippen molar-refractivity contribution in [1.82, 2.24) is 15.6 Å². The standard InChI is InChI=1S/C19H25ClN4O/c1-19(2,3)18(23-12-11-22-16-5-4-10-21-13-16)24-17(25)14-6-8-15(20)9-7-14/h4-10,13,18,22-23H,11-12H2,1-3H3,(H,24,25). The van der Waals surface area contributed by atoms with Gasteiger partial charge >= 0.3 is 0 Å². The third-order valence-corrected chi connectivity index (χ3v) is 3.96. The van der Waals surface area contributed by atoms with Gasteiger partial charge in [-0.15, -0.1) is 0 Å². The van der Waals surface area contributed by atoms with E-state index in [2.05, 4.69) is 41.7 Å². The van der Waals surface area contributed by atoms with Crippen LogP contribution in [0.4, 0.5) is 5.69 Å². The van der Waals surface area contributed by atoms with E-state index >= 15 is 0 Å². The molecule has 1 atom stereocenters. The molecule has 1 heterocycles. The molecule has 5 nitrogen and oxygen atoms in total. The largest absolute Gasteiger partial charge is 0.383 e. The molecular weight excluding hydrogens is 336 g/mol. The third-order valence-electron chi connectivity index (χ3n) is 3.71. The number of anilines is 1. The number of nitrogens with one attached hydrogen (secondary N) is 3. The van der Waals surface area contributed by atoms with Gasteiger partial charge in [0.2, 0.25) is 0 Å². The maximum Gasteiger partial charge on any atom is 0.252 e. The summed E-state index contributed by atoms with van der Waals surface area (Å²) in [5.41, 5.74) is 1.44. The number of carbonyl (C=O) groups excluding carboxylic acids is 1. The van der Waals surface area contributed by atoms with Crippen LogP contribution in [0.2, 0.25) is 5.02 Å². The molecular formula is C19H25ClN4O. The second kappa shape index (κ2) is 8.83. The van der Waals surface area contributed by atoms with Gasteiger partial charge in [-0.1, -0.05) is 32.4 Å². The van der Waals surface area contributed by atoms with E-state index in [4.69, 9.17) is 11.6 Å². The first-order valence-electron chi connectivity index (χ1n) is 8.30. The Balaban J connectivity index is 1.88. The van der Waals surface area contributed by atoms with Gasteiger partial charge in [0.25, 0.3) is 5.91 Å². The topological polar surface area (TPSA) is 66.1 Å². The normalized spacial score (nSPS) is 12.5. The molecule has 1 amide bonds. The number of hydrogen-bond donors (Lipinski definition) is 3. The van der Waals surface area contributed by atoms with E-state index in [1.807, 2.05) is 12.1 Å². The van der Waals surface area contributed by atoms with Gasteiger partial charge < -0.3 is 10.6 Å². The summed E-state index contributed by atoms with van der Waals surface area (Å²) in [6, 6.07) is 10.7. The van der Waals surface area contributed by atoms with E-state index in [9.17, 15) is 4.79 Å². The maximum absolute atomic E-state index is 12.4. The molecule has 6 heteroatoms. The number of aromatic nitrogens is 1. The first kappa shape index (κ1) is 19.2. The molecule has 1 aromatic heterocycles. The highest BCUT2D eigenvalue weighted by Gasteiger charge is 2.26. The predicted octanol–water partition coefficient (Wildman–Crippen LogP) is 3.54. The van der Waals surface area contributed by atoms with Gasteiger partial charge in [0.15, 0.2) is 0 Å². The van der Waals surface area contributed by atoms with Gasteiger partial charge in [-0.2, -0.15) is 0 Å². The quantitative estimate of drug-likeness (QED) is 0.522. The van der Waals surface area contributed by atoms with Crippen molar-refractivity contribution in [1.29, 1.82) is 0 Å². The van der Waals surface area contributed by atoms with E-state index in [0.29, 0.717) is 17.1 Å². The Kier molecular flexibility index (Phi) is 6.79. The summed E-state index contributed by atoms with van der Waals surface area (Å²) in [5.74, 6) is -0.121. The number of benzene rings is 1. The van der Waals surface area contributed by atoms with Crippen LogP contribution in [-0.2, 0) is 0 Å². The molecule has 0 aliphatic rings. The van der Waals surface area contributed by atoms with Crippen molar-refractivity contribution in [2.24, 2.45) is 5.41 Å². The first-order chi connectivity index (χ1) is 11.9. The lowest BCUT2D eigenvalue weighted by Crippen LogP contribution is -2.54. The minimum atomic E-state index is -0.161. The highest BCUT2D eigenvalue weighted by Crippen LogP contribution is 2.18. The Labute approximate surface area is 154 Å². The number of halogens is 1. The van der Waals surface area contributed by atoms with Crippen molar-refractivity contribution in [2.75, 3.05) is 18.4 Å². The number of rotatable bonds is 7. The lowest BCUT2D eigenvalue weighted by molar-refractivity contribution is 0.0883. The maximum atomic E-state index is 12.4. The highest BCUT2D eigenvalue weighted by molar-refractivity contribution is 6.30. The Morgan fingerprint density at radius 1 is 1.16 bits per heavy atom. The van der Waals surface area contributed by atoms with Gasteiger partial charge in [0.1, 0.15) is 0 Å². The fourth-order valence-electron chi connectivity index (χ4n) is 2.28. The van der Waals surface area contributed by atoms with Gasteiger partial charge in [0.05, 0.1) is 11.9 Å². The van der Waals surface area contributed by atoms with Crippen LogP contribution in [0.15, 0.2) is 48.8 Å². The van der Waals surface area contributed by atoms with Crippen LogP contribution >= 0.6 is 11.6 Å².